The second-order valence-corrected chi connectivity index (χ2v) is 6.18. The van der Waals surface area contributed by atoms with Crippen LogP contribution >= 0.6 is 0 Å². The Morgan fingerprint density at radius 2 is 2.00 bits per heavy atom. The van der Waals surface area contributed by atoms with Crippen LogP contribution in [0, 0.1) is 19.8 Å². The van der Waals surface area contributed by atoms with Crippen molar-refractivity contribution in [1.82, 2.24) is 10.3 Å². The van der Waals surface area contributed by atoms with E-state index in [1.807, 2.05) is 0 Å². The second kappa shape index (κ2) is 8.25. The fourth-order valence-electron chi connectivity index (χ4n) is 2.36. The number of hydrogen-bond donors (Lipinski definition) is 1. The van der Waals surface area contributed by atoms with Gasteiger partial charge in [0.1, 0.15) is 5.82 Å². The molecule has 1 rings (SSSR count). The van der Waals surface area contributed by atoms with E-state index in [4.69, 9.17) is 4.98 Å². The minimum Gasteiger partial charge on any atom is -0.359 e. The highest BCUT2D eigenvalue weighted by atomic mass is 15.2. The van der Waals surface area contributed by atoms with Crippen molar-refractivity contribution in [1.29, 1.82) is 0 Å². The average molecular weight is 277 g/mol. The van der Waals surface area contributed by atoms with Crippen molar-refractivity contribution in [2.45, 2.75) is 54.0 Å². The summed E-state index contributed by atoms with van der Waals surface area (Å²) in [5.41, 5.74) is 3.79. The third-order valence-corrected chi connectivity index (χ3v) is 3.52. The van der Waals surface area contributed by atoms with Gasteiger partial charge in [0.2, 0.25) is 0 Å². The fourth-order valence-corrected chi connectivity index (χ4v) is 2.36. The normalized spacial score (nSPS) is 11.2. The zero-order valence-corrected chi connectivity index (χ0v) is 14.1. The molecule has 0 aliphatic heterocycles. The van der Waals surface area contributed by atoms with E-state index in [0.717, 1.165) is 31.1 Å². The van der Waals surface area contributed by atoms with Gasteiger partial charge in [-0.1, -0.05) is 27.2 Å². The number of unbranched alkanes of at least 4 members (excludes halogenated alkanes) is 1. The minimum absolute atomic E-state index is 0.676. The van der Waals surface area contributed by atoms with E-state index in [9.17, 15) is 0 Å². The lowest BCUT2D eigenvalue weighted by Crippen LogP contribution is -2.25. The van der Waals surface area contributed by atoms with Crippen molar-refractivity contribution in [2.75, 3.05) is 25.0 Å². The molecule has 3 nitrogen and oxygen atoms in total. The van der Waals surface area contributed by atoms with Gasteiger partial charge in [-0.05, 0) is 44.4 Å². The second-order valence-electron chi connectivity index (χ2n) is 6.18. The summed E-state index contributed by atoms with van der Waals surface area (Å²) < 4.78 is 0. The SMILES string of the molecule is CCCCN(C)c1nc(C)cc(C)c1CNCC(C)C. The number of nitrogens with zero attached hydrogens (tertiary/aromatic N) is 2. The maximum atomic E-state index is 4.77. The van der Waals surface area contributed by atoms with Crippen molar-refractivity contribution in [3.63, 3.8) is 0 Å². The lowest BCUT2D eigenvalue weighted by molar-refractivity contribution is 0.550. The van der Waals surface area contributed by atoms with Gasteiger partial charge < -0.3 is 10.2 Å². The van der Waals surface area contributed by atoms with Gasteiger partial charge in [-0.3, -0.25) is 0 Å². The van der Waals surface area contributed by atoms with Gasteiger partial charge in [0.15, 0.2) is 0 Å². The predicted molar refractivity (Wildman–Crippen MR) is 88.4 cm³/mol. The Balaban J connectivity index is 2.89. The molecule has 1 aromatic heterocycles. The molecule has 3 heteroatoms. The molecular formula is C17H31N3. The van der Waals surface area contributed by atoms with Crippen LogP contribution in [0.4, 0.5) is 5.82 Å². The molecule has 1 heterocycles. The van der Waals surface area contributed by atoms with Crippen LogP contribution < -0.4 is 10.2 Å². The molecule has 0 fully saturated rings. The number of aryl methyl sites for hydroxylation is 2. The van der Waals surface area contributed by atoms with Crippen molar-refractivity contribution in [3.8, 4) is 0 Å². The van der Waals surface area contributed by atoms with Crippen molar-refractivity contribution >= 4 is 5.82 Å². The molecule has 0 unspecified atom stereocenters. The molecule has 20 heavy (non-hydrogen) atoms. The van der Waals surface area contributed by atoms with E-state index in [-0.39, 0.29) is 0 Å². The van der Waals surface area contributed by atoms with Crippen molar-refractivity contribution in [3.05, 3.63) is 22.9 Å². The molecule has 1 N–H and O–H groups in total. The maximum absolute atomic E-state index is 4.77. The molecule has 0 aliphatic carbocycles. The summed E-state index contributed by atoms with van der Waals surface area (Å²) in [6.07, 6.45) is 2.43. The molecule has 0 spiro atoms. The fraction of sp³-hybridized carbons (Fsp3) is 0.706. The zero-order chi connectivity index (χ0) is 15.1. The summed E-state index contributed by atoms with van der Waals surface area (Å²) >= 11 is 0. The molecule has 0 atom stereocenters. The molecule has 1 aromatic rings. The van der Waals surface area contributed by atoms with Gasteiger partial charge in [0.05, 0.1) is 0 Å². The van der Waals surface area contributed by atoms with Gasteiger partial charge in [-0.25, -0.2) is 4.98 Å². The van der Waals surface area contributed by atoms with E-state index in [2.05, 4.69) is 57.9 Å². The Labute approximate surface area is 124 Å². The van der Waals surface area contributed by atoms with E-state index in [1.54, 1.807) is 0 Å². The first-order valence-electron chi connectivity index (χ1n) is 7.84. The summed E-state index contributed by atoms with van der Waals surface area (Å²) in [5.74, 6) is 1.82. The van der Waals surface area contributed by atoms with E-state index in [1.165, 1.54) is 24.0 Å². The first-order chi connectivity index (χ1) is 9.45. The quantitative estimate of drug-likeness (QED) is 0.785. The highest BCUT2D eigenvalue weighted by Gasteiger charge is 2.12. The summed E-state index contributed by atoms with van der Waals surface area (Å²) in [6, 6.07) is 2.18. The number of anilines is 1. The molecule has 0 aliphatic rings. The van der Waals surface area contributed by atoms with Crippen LogP contribution in [0.5, 0.6) is 0 Å². The van der Waals surface area contributed by atoms with Gasteiger partial charge in [0.25, 0.3) is 0 Å². The molecule has 0 saturated heterocycles. The Morgan fingerprint density at radius 1 is 1.30 bits per heavy atom. The van der Waals surface area contributed by atoms with Crippen molar-refractivity contribution in [2.24, 2.45) is 5.92 Å². The van der Waals surface area contributed by atoms with E-state index < -0.39 is 0 Å². The summed E-state index contributed by atoms with van der Waals surface area (Å²) in [6.45, 7) is 14.0. The van der Waals surface area contributed by atoms with Crippen LogP contribution in [0.15, 0.2) is 6.07 Å². The molecule has 0 radical (unpaired) electrons. The molecule has 0 bridgehead atoms. The molecule has 114 valence electrons. The Kier molecular flexibility index (Phi) is 7.00. The lowest BCUT2D eigenvalue weighted by Gasteiger charge is -2.23. The van der Waals surface area contributed by atoms with Crippen LogP contribution in [-0.2, 0) is 6.54 Å². The topological polar surface area (TPSA) is 28.2 Å². The van der Waals surface area contributed by atoms with Crippen LogP contribution in [-0.4, -0.2) is 25.1 Å². The van der Waals surface area contributed by atoms with Gasteiger partial charge >= 0.3 is 0 Å². The third kappa shape index (κ3) is 5.12. The summed E-state index contributed by atoms with van der Waals surface area (Å²) in [7, 11) is 2.16. The zero-order valence-electron chi connectivity index (χ0n) is 14.1. The smallest absolute Gasteiger partial charge is 0.133 e. The monoisotopic (exact) mass is 277 g/mol. The molecular weight excluding hydrogens is 246 g/mol. The third-order valence-electron chi connectivity index (χ3n) is 3.52. The number of nitrogens with one attached hydrogen (secondary N) is 1. The standard InChI is InChI=1S/C17H31N3/c1-7-8-9-20(6)17-16(12-18-11-13(2)3)14(4)10-15(5)19-17/h10,13,18H,7-9,11-12H2,1-6H3. The maximum Gasteiger partial charge on any atom is 0.133 e. The van der Waals surface area contributed by atoms with Crippen LogP contribution in [0.3, 0.4) is 0 Å². The minimum atomic E-state index is 0.676. The lowest BCUT2D eigenvalue weighted by atomic mass is 10.1. The largest absolute Gasteiger partial charge is 0.359 e. The number of hydrogen-bond acceptors (Lipinski definition) is 3. The summed E-state index contributed by atoms with van der Waals surface area (Å²) in [4.78, 5) is 7.07. The summed E-state index contributed by atoms with van der Waals surface area (Å²) in [5, 5.41) is 3.55. The van der Waals surface area contributed by atoms with Gasteiger partial charge in [-0.2, -0.15) is 0 Å². The van der Waals surface area contributed by atoms with Crippen LogP contribution in [0.1, 0.15) is 50.4 Å². The van der Waals surface area contributed by atoms with E-state index in [0.29, 0.717) is 5.92 Å². The van der Waals surface area contributed by atoms with Gasteiger partial charge in [-0.15, -0.1) is 0 Å². The predicted octanol–water partition coefficient (Wildman–Crippen LogP) is 3.68. The average Bonchev–Trinajstić information content (AvgIpc) is 2.37. The van der Waals surface area contributed by atoms with Gasteiger partial charge in [0, 0.05) is 31.4 Å². The number of aromatic nitrogens is 1. The highest BCUT2D eigenvalue weighted by molar-refractivity contribution is 5.51. The Bertz CT molecular complexity index is 413. The van der Waals surface area contributed by atoms with E-state index >= 15 is 0 Å². The first kappa shape index (κ1) is 17.0. The number of pyridine rings is 1. The molecule has 0 amide bonds. The first-order valence-corrected chi connectivity index (χ1v) is 7.84. The highest BCUT2D eigenvalue weighted by Crippen LogP contribution is 2.22. The number of rotatable bonds is 8. The Hall–Kier alpha value is -1.09. The van der Waals surface area contributed by atoms with Crippen LogP contribution in [0.2, 0.25) is 0 Å². The Morgan fingerprint density at radius 3 is 2.60 bits per heavy atom. The van der Waals surface area contributed by atoms with Crippen LogP contribution in [0.25, 0.3) is 0 Å². The van der Waals surface area contributed by atoms with Crippen molar-refractivity contribution < 1.29 is 0 Å². The molecule has 0 aromatic carbocycles. The molecule has 0 saturated carbocycles.